The molecule has 0 N–H and O–H groups in total. The topological polar surface area (TPSA) is 17.1 Å². The van der Waals surface area contributed by atoms with E-state index in [9.17, 15) is 8.78 Å². The van der Waals surface area contributed by atoms with Gasteiger partial charge in [-0.1, -0.05) is 0 Å². The molecule has 30 valence electrons. The Morgan fingerprint density at radius 1 is 1.80 bits per heavy atom. The van der Waals surface area contributed by atoms with Crippen molar-refractivity contribution in [2.75, 3.05) is 6.67 Å². The predicted molar refractivity (Wildman–Crippen MR) is 12.1 cm³/mol. The largest absolute Gasteiger partial charge is 0.332 e. The quantitative estimate of drug-likeness (QED) is 0.418. The zero-order valence-corrected chi connectivity index (χ0v) is 2.37. The van der Waals surface area contributed by atoms with Crippen molar-refractivity contribution in [3.05, 3.63) is 0 Å². The summed E-state index contributed by atoms with van der Waals surface area (Å²) >= 11 is 0. The maximum atomic E-state index is 10.4. The molecule has 0 rings (SSSR count). The Morgan fingerprint density at radius 2 is 2.00 bits per heavy atom. The molecule has 0 heterocycles. The van der Waals surface area contributed by atoms with Crippen LogP contribution in [-0.2, 0) is 4.79 Å². The highest BCUT2D eigenvalue weighted by Crippen LogP contribution is 1.69. The molecule has 0 radical (unpaired) electrons. The van der Waals surface area contributed by atoms with Crippen LogP contribution in [0.25, 0.3) is 0 Å². The minimum absolute atomic E-state index is 1.50. The van der Waals surface area contributed by atoms with Crippen LogP contribution < -0.4 is 0 Å². The maximum Gasteiger partial charge on any atom is 0.332 e. The summed E-state index contributed by atoms with van der Waals surface area (Å²) < 4.78 is 20.8. The van der Waals surface area contributed by atoms with Crippen molar-refractivity contribution in [1.29, 1.82) is 0 Å². The van der Waals surface area contributed by atoms with Crippen molar-refractivity contribution in [1.82, 2.24) is 0 Å². The number of alkyl halides is 1. The monoisotopic (exact) mass is 80.0 g/mol. The zero-order valence-electron chi connectivity index (χ0n) is 2.37. The number of carbonyl (C=O) groups excluding carboxylic acids is 1. The standard InChI is InChI=1S/C2H2F2O/c3-1-2(4)5/h1H2. The van der Waals surface area contributed by atoms with Crippen molar-refractivity contribution in [2.45, 2.75) is 0 Å². The van der Waals surface area contributed by atoms with Crippen molar-refractivity contribution in [3.8, 4) is 0 Å². The average Bonchev–Trinajstić information content (AvgIpc) is 1.38. The first-order chi connectivity index (χ1) is 2.27. The molecule has 0 amide bonds. The second-order valence-electron chi connectivity index (χ2n) is 0.489. The van der Waals surface area contributed by atoms with Crippen molar-refractivity contribution in [3.63, 3.8) is 0 Å². The van der Waals surface area contributed by atoms with E-state index in [2.05, 4.69) is 0 Å². The Balaban J connectivity index is 2.85. The lowest BCUT2D eigenvalue weighted by Gasteiger charge is -1.63. The van der Waals surface area contributed by atoms with Crippen LogP contribution in [0.5, 0.6) is 0 Å². The second-order valence-corrected chi connectivity index (χ2v) is 0.489. The fourth-order valence-corrected chi connectivity index (χ4v) is 0. The molecule has 0 aromatic carbocycles. The molecule has 0 fully saturated rings. The Kier molecular flexibility index (Phi) is 1.64. The van der Waals surface area contributed by atoms with Crippen LogP contribution in [0.1, 0.15) is 0 Å². The molecule has 0 atom stereocenters. The van der Waals surface area contributed by atoms with Crippen LogP contribution in [0.4, 0.5) is 8.78 Å². The highest BCUT2D eigenvalue weighted by molar-refractivity contribution is 5.68. The molecular formula is C2H2F2O. The molecule has 0 aliphatic rings. The molecule has 0 aromatic rings. The lowest BCUT2D eigenvalue weighted by atomic mass is 10.8. The van der Waals surface area contributed by atoms with Crippen molar-refractivity contribution >= 4 is 6.04 Å². The van der Waals surface area contributed by atoms with Crippen LogP contribution in [0, 0.1) is 0 Å². The molecule has 0 unspecified atom stereocenters. The highest BCUT2D eigenvalue weighted by Gasteiger charge is 1.88. The lowest BCUT2D eigenvalue weighted by molar-refractivity contribution is -0.130. The first-order valence-corrected chi connectivity index (χ1v) is 1.01. The van der Waals surface area contributed by atoms with Crippen LogP contribution >= 0.6 is 0 Å². The summed E-state index contributed by atoms with van der Waals surface area (Å²) in [5.41, 5.74) is 0. The minimum Gasteiger partial charge on any atom is -0.258 e. The number of carbonyl (C=O) groups is 1. The van der Waals surface area contributed by atoms with Crippen LogP contribution in [-0.4, -0.2) is 12.7 Å². The fraction of sp³-hybridized carbons (Fsp3) is 0.500. The van der Waals surface area contributed by atoms with Gasteiger partial charge in [0.15, 0.2) is 6.67 Å². The van der Waals surface area contributed by atoms with Gasteiger partial charge in [-0.3, -0.25) is 4.79 Å². The van der Waals surface area contributed by atoms with Gasteiger partial charge in [0.05, 0.1) is 0 Å². The zero-order chi connectivity index (χ0) is 4.28. The molecule has 5 heavy (non-hydrogen) atoms. The van der Waals surface area contributed by atoms with E-state index in [0.717, 1.165) is 0 Å². The van der Waals surface area contributed by atoms with Gasteiger partial charge < -0.3 is 0 Å². The summed E-state index contributed by atoms with van der Waals surface area (Å²) in [5.74, 6) is 0. The minimum atomic E-state index is -1.91. The maximum absolute atomic E-state index is 10.4. The molecule has 0 aromatic heterocycles. The van der Waals surface area contributed by atoms with Gasteiger partial charge in [0.1, 0.15) is 0 Å². The van der Waals surface area contributed by atoms with Gasteiger partial charge in [-0.2, -0.15) is 4.39 Å². The molecule has 0 saturated heterocycles. The summed E-state index contributed by atoms with van der Waals surface area (Å²) in [6.45, 7) is -1.50. The number of halogens is 2. The number of hydrogen-bond acceptors (Lipinski definition) is 1. The molecular weight excluding hydrogens is 78.0 g/mol. The van der Waals surface area contributed by atoms with Crippen molar-refractivity contribution in [2.24, 2.45) is 0 Å². The highest BCUT2D eigenvalue weighted by atomic mass is 19.2. The van der Waals surface area contributed by atoms with Gasteiger partial charge in [0.25, 0.3) is 0 Å². The summed E-state index contributed by atoms with van der Waals surface area (Å²) in [4.78, 5) is 8.77. The third-order valence-corrected chi connectivity index (χ3v) is 0.105. The van der Waals surface area contributed by atoms with E-state index in [0.29, 0.717) is 0 Å². The SMILES string of the molecule is O=C(F)CF. The van der Waals surface area contributed by atoms with E-state index >= 15 is 0 Å². The number of rotatable bonds is 1. The first-order valence-electron chi connectivity index (χ1n) is 1.01. The summed E-state index contributed by atoms with van der Waals surface area (Å²) in [5, 5.41) is 0. The molecule has 3 heteroatoms. The molecule has 0 bridgehead atoms. The Hall–Kier alpha value is -0.470. The average molecular weight is 80.0 g/mol. The molecule has 0 aliphatic carbocycles. The fourth-order valence-electron chi connectivity index (χ4n) is 0. The normalized spacial score (nSPS) is 7.60. The molecule has 0 spiro atoms. The van der Waals surface area contributed by atoms with Gasteiger partial charge in [-0.15, -0.1) is 0 Å². The Bertz CT molecular complexity index is 42.9. The van der Waals surface area contributed by atoms with Gasteiger partial charge in [-0.25, -0.2) is 4.39 Å². The first kappa shape index (κ1) is 4.53. The van der Waals surface area contributed by atoms with E-state index in [4.69, 9.17) is 4.79 Å². The summed E-state index contributed by atoms with van der Waals surface area (Å²) in [6, 6.07) is -1.91. The van der Waals surface area contributed by atoms with Crippen LogP contribution in [0.15, 0.2) is 0 Å². The Labute approximate surface area is 27.6 Å². The lowest BCUT2D eigenvalue weighted by Crippen LogP contribution is -1.85. The van der Waals surface area contributed by atoms with Crippen molar-refractivity contribution < 1.29 is 13.6 Å². The van der Waals surface area contributed by atoms with Gasteiger partial charge in [0, 0.05) is 0 Å². The molecule has 1 nitrogen and oxygen atoms in total. The van der Waals surface area contributed by atoms with E-state index in [1.807, 2.05) is 0 Å². The third kappa shape index (κ3) is 3.53. The van der Waals surface area contributed by atoms with E-state index in [1.54, 1.807) is 0 Å². The van der Waals surface area contributed by atoms with E-state index in [1.165, 1.54) is 0 Å². The smallest absolute Gasteiger partial charge is 0.258 e. The summed E-state index contributed by atoms with van der Waals surface area (Å²) in [6.07, 6.45) is 0. The second kappa shape index (κ2) is 1.81. The number of hydrogen-bond donors (Lipinski definition) is 0. The van der Waals surface area contributed by atoms with Crippen LogP contribution in [0.2, 0.25) is 0 Å². The predicted octanol–water partition coefficient (Wildman–Crippen LogP) is 0.452. The molecule has 0 saturated carbocycles. The van der Waals surface area contributed by atoms with E-state index < -0.39 is 12.7 Å². The summed E-state index contributed by atoms with van der Waals surface area (Å²) in [7, 11) is 0. The van der Waals surface area contributed by atoms with Gasteiger partial charge >= 0.3 is 6.04 Å². The van der Waals surface area contributed by atoms with Crippen LogP contribution in [0.3, 0.4) is 0 Å². The Morgan fingerprint density at radius 3 is 2.00 bits per heavy atom. The van der Waals surface area contributed by atoms with Gasteiger partial charge in [0.2, 0.25) is 0 Å². The molecule has 0 aliphatic heterocycles. The third-order valence-electron chi connectivity index (χ3n) is 0.105. The van der Waals surface area contributed by atoms with Gasteiger partial charge in [-0.05, 0) is 0 Å². The van der Waals surface area contributed by atoms with E-state index in [-0.39, 0.29) is 0 Å².